The van der Waals surface area contributed by atoms with E-state index < -0.39 is 97.5 Å². The Hall–Kier alpha value is -1.94. The van der Waals surface area contributed by atoms with Crippen LogP contribution in [0.25, 0.3) is 0 Å². The number of hydrogen-bond acceptors (Lipinski definition) is 15. The van der Waals surface area contributed by atoms with Crippen LogP contribution < -0.4 is 0 Å². The molecule has 0 fully saturated rings. The number of carbonyl (C=O) groups excluding carboxylic acids is 4. The van der Waals surface area contributed by atoms with Gasteiger partial charge in [0.25, 0.3) is 0 Å². The second-order valence-electron chi connectivity index (χ2n) is 30.2. The van der Waals surface area contributed by atoms with E-state index >= 15 is 0 Å². The minimum Gasteiger partial charge on any atom is -0.462 e. The summed E-state index contributed by atoms with van der Waals surface area (Å²) in [5.74, 6) is -0.452. The summed E-state index contributed by atoms with van der Waals surface area (Å²) < 4.78 is 68.8. The van der Waals surface area contributed by atoms with Gasteiger partial charge in [0.1, 0.15) is 19.3 Å². The average molecular weight is 1480 g/mol. The molecule has 0 aliphatic rings. The molecule has 0 heterocycles. The molecule has 0 spiro atoms. The van der Waals surface area contributed by atoms with Crippen LogP contribution in [0.5, 0.6) is 0 Å². The first-order valence-electron chi connectivity index (χ1n) is 42.5. The molecule has 600 valence electrons. The predicted octanol–water partition coefficient (Wildman–Crippen LogP) is 24.7. The molecular formula is C82H160O17P2. The number of phosphoric acid groups is 2. The van der Waals surface area contributed by atoms with Gasteiger partial charge in [-0.15, -0.1) is 0 Å². The molecule has 19 heteroatoms. The van der Waals surface area contributed by atoms with Gasteiger partial charge in [-0.25, -0.2) is 9.13 Å². The van der Waals surface area contributed by atoms with E-state index in [0.29, 0.717) is 25.7 Å². The molecule has 0 saturated carbocycles. The molecule has 0 aromatic carbocycles. The standard InChI is InChI=1S/C82H160O17P2/c1-7-10-12-14-16-18-20-21-29-36-42-48-54-60-66-81(86)98-77(70-92-79(84)64-58-52-46-40-32-19-17-15-13-11-8-2)72-96-100(88,89)94-68-76(83)69-95-101(90,91)97-73-78(99-82(87)67-61-55-49-43-37-31-24-22-23-27-33-38-44-50-56-62-74(4)5)71-93-80(85)65-59-53-47-41-35-30-26-25-28-34-39-45-51-57-63-75(6)9-3/h74-78,83H,7-73H2,1-6H3,(H,88,89)(H,90,91)/t75?,76-,77+,78+/m0/s1. The lowest BCUT2D eigenvalue weighted by molar-refractivity contribution is -0.161. The topological polar surface area (TPSA) is 237 Å². The van der Waals surface area contributed by atoms with Crippen molar-refractivity contribution in [3.8, 4) is 0 Å². The van der Waals surface area contributed by atoms with Crippen LogP contribution in [0.3, 0.4) is 0 Å². The number of hydrogen-bond donors (Lipinski definition) is 3. The van der Waals surface area contributed by atoms with Crippen molar-refractivity contribution in [2.75, 3.05) is 39.6 Å². The summed E-state index contributed by atoms with van der Waals surface area (Å²) in [6.45, 7) is 9.73. The van der Waals surface area contributed by atoms with Crippen LogP contribution in [-0.2, 0) is 65.4 Å². The predicted molar refractivity (Wildman–Crippen MR) is 414 cm³/mol. The molecule has 0 aliphatic carbocycles. The van der Waals surface area contributed by atoms with Gasteiger partial charge in [-0.3, -0.25) is 37.3 Å². The quantitative estimate of drug-likeness (QED) is 0.0222. The Morgan fingerprint density at radius 1 is 0.287 bits per heavy atom. The van der Waals surface area contributed by atoms with Crippen LogP contribution >= 0.6 is 15.6 Å². The minimum absolute atomic E-state index is 0.108. The first kappa shape index (κ1) is 99.1. The van der Waals surface area contributed by atoms with E-state index in [-0.39, 0.29) is 25.7 Å². The lowest BCUT2D eigenvalue weighted by Crippen LogP contribution is -2.30. The van der Waals surface area contributed by atoms with Crippen LogP contribution in [0.1, 0.15) is 433 Å². The highest BCUT2D eigenvalue weighted by Gasteiger charge is 2.30. The number of phosphoric ester groups is 2. The number of esters is 4. The van der Waals surface area contributed by atoms with Gasteiger partial charge in [-0.05, 0) is 37.5 Å². The fourth-order valence-corrected chi connectivity index (χ4v) is 14.3. The van der Waals surface area contributed by atoms with Crippen molar-refractivity contribution < 1.29 is 80.2 Å². The van der Waals surface area contributed by atoms with Crippen molar-refractivity contribution >= 4 is 39.5 Å². The Morgan fingerprint density at radius 2 is 0.505 bits per heavy atom. The van der Waals surface area contributed by atoms with E-state index in [1.54, 1.807) is 0 Å². The Labute approximate surface area is 619 Å². The maximum Gasteiger partial charge on any atom is 0.472 e. The molecule has 17 nitrogen and oxygen atoms in total. The zero-order chi connectivity index (χ0) is 74.2. The Kier molecular flexibility index (Phi) is 72.2. The summed E-state index contributed by atoms with van der Waals surface area (Å²) in [5.41, 5.74) is 0. The Morgan fingerprint density at radius 3 is 0.752 bits per heavy atom. The monoisotopic (exact) mass is 1480 g/mol. The molecular weight excluding hydrogens is 1320 g/mol. The first-order chi connectivity index (χ1) is 48.9. The molecule has 3 unspecified atom stereocenters. The summed E-state index contributed by atoms with van der Waals surface area (Å²) >= 11 is 0. The summed E-state index contributed by atoms with van der Waals surface area (Å²) in [6.07, 6.45) is 63.6. The van der Waals surface area contributed by atoms with E-state index in [1.807, 2.05) is 0 Å². The number of unbranched alkanes of at least 4 members (excludes halogenated alkanes) is 50. The Balaban J connectivity index is 5.25. The van der Waals surface area contributed by atoms with Gasteiger partial charge in [0.15, 0.2) is 12.2 Å². The Bertz CT molecular complexity index is 1940. The molecule has 0 rings (SSSR count). The second-order valence-corrected chi connectivity index (χ2v) is 33.1. The number of aliphatic hydroxyl groups excluding tert-OH is 1. The smallest absolute Gasteiger partial charge is 0.462 e. The average Bonchev–Trinajstić information content (AvgIpc) is 1.10. The van der Waals surface area contributed by atoms with E-state index in [1.165, 1.54) is 250 Å². The highest BCUT2D eigenvalue weighted by molar-refractivity contribution is 7.47. The van der Waals surface area contributed by atoms with Gasteiger partial charge in [-0.2, -0.15) is 0 Å². The van der Waals surface area contributed by atoms with E-state index in [0.717, 1.165) is 102 Å². The number of ether oxygens (including phenoxy) is 4. The molecule has 0 radical (unpaired) electrons. The fourth-order valence-electron chi connectivity index (χ4n) is 12.7. The molecule has 101 heavy (non-hydrogen) atoms. The zero-order valence-electron chi connectivity index (χ0n) is 66.2. The summed E-state index contributed by atoms with van der Waals surface area (Å²) in [7, 11) is -9.92. The molecule has 0 bridgehead atoms. The third-order valence-electron chi connectivity index (χ3n) is 19.6. The van der Waals surface area contributed by atoms with Crippen LogP contribution in [0.15, 0.2) is 0 Å². The SMILES string of the molecule is CCCCCCCCCCCCCCCCC(=O)O[C@H](COC(=O)CCCCCCCCCCCCC)COP(=O)(O)OC[C@H](O)COP(=O)(O)OC[C@@H](COC(=O)CCCCCCCCCCCCCCCCC(C)CC)OC(=O)CCCCCCCCCCCCCCCCCC(C)C. The van der Waals surface area contributed by atoms with Gasteiger partial charge in [0.05, 0.1) is 26.4 Å². The maximum atomic E-state index is 13.1. The largest absolute Gasteiger partial charge is 0.472 e. The van der Waals surface area contributed by atoms with E-state index in [9.17, 15) is 43.2 Å². The third kappa shape index (κ3) is 74.7. The zero-order valence-corrected chi connectivity index (χ0v) is 68.0. The van der Waals surface area contributed by atoms with Crippen molar-refractivity contribution in [3.05, 3.63) is 0 Å². The van der Waals surface area contributed by atoms with Crippen molar-refractivity contribution in [2.24, 2.45) is 11.8 Å². The van der Waals surface area contributed by atoms with Gasteiger partial charge >= 0.3 is 39.5 Å². The first-order valence-corrected chi connectivity index (χ1v) is 45.5. The molecule has 0 saturated heterocycles. The summed E-state index contributed by atoms with van der Waals surface area (Å²) in [4.78, 5) is 73.1. The van der Waals surface area contributed by atoms with Gasteiger partial charge < -0.3 is 33.8 Å². The van der Waals surface area contributed by atoms with E-state index in [4.69, 9.17) is 37.0 Å². The molecule has 0 aromatic rings. The lowest BCUT2D eigenvalue weighted by Gasteiger charge is -2.21. The highest BCUT2D eigenvalue weighted by atomic mass is 31.2. The van der Waals surface area contributed by atoms with Crippen molar-refractivity contribution in [1.82, 2.24) is 0 Å². The van der Waals surface area contributed by atoms with E-state index in [2.05, 4.69) is 41.5 Å². The van der Waals surface area contributed by atoms with Crippen LogP contribution in [0.2, 0.25) is 0 Å². The van der Waals surface area contributed by atoms with Crippen molar-refractivity contribution in [1.29, 1.82) is 0 Å². The second kappa shape index (κ2) is 73.6. The maximum absolute atomic E-state index is 13.1. The van der Waals surface area contributed by atoms with Crippen LogP contribution in [0, 0.1) is 11.8 Å². The van der Waals surface area contributed by atoms with Gasteiger partial charge in [-0.1, -0.05) is 382 Å². The normalized spacial score (nSPS) is 14.2. The third-order valence-corrected chi connectivity index (χ3v) is 21.5. The number of aliphatic hydroxyl groups is 1. The minimum atomic E-state index is -4.96. The molecule has 6 atom stereocenters. The molecule has 0 aliphatic heterocycles. The molecule has 0 aromatic heterocycles. The lowest BCUT2D eigenvalue weighted by atomic mass is 9.99. The van der Waals surface area contributed by atoms with Gasteiger partial charge in [0.2, 0.25) is 0 Å². The molecule has 3 N–H and O–H groups in total. The van der Waals surface area contributed by atoms with Crippen LogP contribution in [-0.4, -0.2) is 96.7 Å². The fraction of sp³-hybridized carbons (Fsp3) is 0.951. The summed E-state index contributed by atoms with van der Waals surface area (Å²) in [5, 5.41) is 10.7. The number of carbonyl (C=O) groups is 4. The summed E-state index contributed by atoms with van der Waals surface area (Å²) in [6, 6.07) is 0. The highest BCUT2D eigenvalue weighted by Crippen LogP contribution is 2.45. The number of rotatable bonds is 81. The molecule has 0 amide bonds. The van der Waals surface area contributed by atoms with Crippen molar-refractivity contribution in [3.63, 3.8) is 0 Å². The van der Waals surface area contributed by atoms with Crippen molar-refractivity contribution in [2.45, 2.75) is 452 Å². The van der Waals surface area contributed by atoms with Crippen LogP contribution in [0.4, 0.5) is 0 Å². The van der Waals surface area contributed by atoms with Gasteiger partial charge in [0, 0.05) is 25.7 Å².